The van der Waals surface area contributed by atoms with E-state index < -0.39 is 0 Å². The highest BCUT2D eigenvalue weighted by molar-refractivity contribution is 9.10. The Morgan fingerprint density at radius 1 is 1.20 bits per heavy atom. The first-order chi connectivity index (χ1) is 9.69. The fraction of sp³-hybridized carbons (Fsp3) is 0.0667. The molecule has 0 spiro atoms. The lowest BCUT2D eigenvalue weighted by Gasteiger charge is -2.08. The van der Waals surface area contributed by atoms with Crippen LogP contribution in [-0.2, 0) is 4.79 Å². The van der Waals surface area contributed by atoms with E-state index >= 15 is 0 Å². The molecule has 4 nitrogen and oxygen atoms in total. The number of carbonyl (C=O) groups excluding carboxylic acids is 2. The van der Waals surface area contributed by atoms with Gasteiger partial charge in [0.25, 0.3) is 5.91 Å². The Kier molecular flexibility index (Phi) is 4.90. The van der Waals surface area contributed by atoms with Crippen molar-refractivity contribution in [1.82, 2.24) is 0 Å². The van der Waals surface area contributed by atoms with Crippen molar-refractivity contribution in [3.63, 3.8) is 0 Å². The van der Waals surface area contributed by atoms with Crippen LogP contribution in [0.1, 0.15) is 10.4 Å². The summed E-state index contributed by atoms with van der Waals surface area (Å²) in [5.74, 6) is 0.213. The molecular weight excluding hydrogens is 322 g/mol. The van der Waals surface area contributed by atoms with Crippen LogP contribution >= 0.6 is 15.9 Å². The average Bonchev–Trinajstić information content (AvgIpc) is 2.47. The van der Waals surface area contributed by atoms with Gasteiger partial charge in [0.1, 0.15) is 5.75 Å². The summed E-state index contributed by atoms with van der Waals surface area (Å²) in [4.78, 5) is 22.5. The third-order valence-corrected chi connectivity index (χ3v) is 3.24. The molecule has 2 aromatic rings. The molecule has 0 saturated heterocycles. The van der Waals surface area contributed by atoms with Crippen molar-refractivity contribution in [1.29, 1.82) is 0 Å². The molecule has 2 aromatic carbocycles. The van der Waals surface area contributed by atoms with Gasteiger partial charge >= 0.3 is 0 Å². The van der Waals surface area contributed by atoms with E-state index in [4.69, 9.17) is 4.74 Å². The van der Waals surface area contributed by atoms with Crippen molar-refractivity contribution in [2.24, 2.45) is 0 Å². The van der Waals surface area contributed by atoms with Crippen molar-refractivity contribution >= 4 is 33.8 Å². The van der Waals surface area contributed by atoms with Crippen LogP contribution in [0.2, 0.25) is 0 Å². The number of rotatable bonds is 5. The first kappa shape index (κ1) is 14.3. The second-order valence-corrected chi connectivity index (χ2v) is 4.86. The predicted octanol–water partition coefficient (Wildman–Crippen LogP) is 3.28. The number of para-hydroxylation sites is 1. The number of benzene rings is 2. The van der Waals surface area contributed by atoms with Gasteiger partial charge in [-0.3, -0.25) is 9.59 Å². The van der Waals surface area contributed by atoms with Crippen LogP contribution in [0.25, 0.3) is 0 Å². The second kappa shape index (κ2) is 6.86. The molecule has 0 saturated carbocycles. The van der Waals surface area contributed by atoms with Crippen molar-refractivity contribution in [3.05, 3.63) is 58.6 Å². The van der Waals surface area contributed by atoms with E-state index in [1.54, 1.807) is 30.3 Å². The molecular formula is C15H12BrNO3. The fourth-order valence-electron chi connectivity index (χ4n) is 1.57. The monoisotopic (exact) mass is 333 g/mol. The number of halogens is 1. The minimum absolute atomic E-state index is 0.116. The average molecular weight is 334 g/mol. The number of hydrogen-bond acceptors (Lipinski definition) is 3. The number of hydrogen-bond donors (Lipinski definition) is 1. The number of aldehydes is 1. The Bertz CT molecular complexity index is 614. The zero-order valence-electron chi connectivity index (χ0n) is 10.5. The Morgan fingerprint density at radius 3 is 2.65 bits per heavy atom. The van der Waals surface area contributed by atoms with Gasteiger partial charge in [-0.15, -0.1) is 0 Å². The highest BCUT2D eigenvalue weighted by atomic mass is 79.9. The van der Waals surface area contributed by atoms with Crippen LogP contribution in [0, 0.1) is 0 Å². The third-order valence-electron chi connectivity index (χ3n) is 2.52. The molecule has 0 aliphatic heterocycles. The minimum Gasteiger partial charge on any atom is -0.484 e. The summed E-state index contributed by atoms with van der Waals surface area (Å²) in [7, 11) is 0. The van der Waals surface area contributed by atoms with E-state index in [1.165, 1.54) is 0 Å². The molecule has 102 valence electrons. The lowest BCUT2D eigenvalue weighted by Crippen LogP contribution is -2.20. The summed E-state index contributed by atoms with van der Waals surface area (Å²) in [6.07, 6.45) is 0.723. The van der Waals surface area contributed by atoms with Crippen molar-refractivity contribution < 1.29 is 14.3 Å². The van der Waals surface area contributed by atoms with E-state index in [0.717, 1.165) is 6.29 Å². The van der Waals surface area contributed by atoms with Gasteiger partial charge in [0.05, 0.1) is 0 Å². The van der Waals surface area contributed by atoms with Gasteiger partial charge in [-0.1, -0.05) is 34.1 Å². The normalized spacial score (nSPS) is 9.85. The molecule has 2 rings (SSSR count). The van der Waals surface area contributed by atoms with E-state index in [9.17, 15) is 9.59 Å². The molecule has 0 aliphatic carbocycles. The topological polar surface area (TPSA) is 55.4 Å². The molecule has 0 unspecified atom stereocenters. The summed E-state index contributed by atoms with van der Waals surface area (Å²) in [5, 5.41) is 2.71. The molecule has 0 radical (unpaired) electrons. The van der Waals surface area contributed by atoms with Gasteiger partial charge in [0.2, 0.25) is 0 Å². The largest absolute Gasteiger partial charge is 0.484 e. The molecule has 1 amide bonds. The van der Waals surface area contributed by atoms with Crippen LogP contribution in [0.3, 0.4) is 0 Å². The van der Waals surface area contributed by atoms with Crippen molar-refractivity contribution in [2.45, 2.75) is 0 Å². The van der Waals surface area contributed by atoms with Gasteiger partial charge < -0.3 is 10.1 Å². The number of carbonyl (C=O) groups is 2. The Labute approximate surface area is 124 Å². The zero-order valence-corrected chi connectivity index (χ0v) is 12.1. The van der Waals surface area contributed by atoms with Gasteiger partial charge in [0, 0.05) is 15.7 Å². The maximum atomic E-state index is 11.7. The summed E-state index contributed by atoms with van der Waals surface area (Å²) in [5.41, 5.74) is 1.19. The number of anilines is 1. The van der Waals surface area contributed by atoms with Crippen molar-refractivity contribution in [2.75, 3.05) is 11.9 Å². The lowest BCUT2D eigenvalue weighted by atomic mass is 10.2. The van der Waals surface area contributed by atoms with Crippen LogP contribution in [0.4, 0.5) is 5.69 Å². The molecule has 5 heteroatoms. The van der Waals surface area contributed by atoms with Crippen LogP contribution in [0.15, 0.2) is 53.0 Å². The molecule has 1 N–H and O–H groups in total. The highest BCUT2D eigenvalue weighted by Gasteiger charge is 2.05. The molecule has 0 fully saturated rings. The van der Waals surface area contributed by atoms with Gasteiger partial charge in [0.15, 0.2) is 12.9 Å². The lowest BCUT2D eigenvalue weighted by molar-refractivity contribution is -0.118. The SMILES string of the molecule is O=Cc1cc(OCC(=O)Nc2ccccc2)ccc1Br. The van der Waals surface area contributed by atoms with Crippen LogP contribution < -0.4 is 10.1 Å². The number of ether oxygens (including phenoxy) is 1. The van der Waals surface area contributed by atoms with Gasteiger partial charge in [-0.25, -0.2) is 0 Å². The van der Waals surface area contributed by atoms with Crippen LogP contribution in [0.5, 0.6) is 5.75 Å². The summed E-state index contributed by atoms with van der Waals surface area (Å²) >= 11 is 3.25. The second-order valence-electron chi connectivity index (χ2n) is 4.00. The first-order valence-corrected chi connectivity index (χ1v) is 6.71. The Morgan fingerprint density at radius 2 is 1.95 bits per heavy atom. The Balaban J connectivity index is 1.92. The molecule has 0 heterocycles. The van der Waals surface area contributed by atoms with E-state index in [2.05, 4.69) is 21.2 Å². The van der Waals surface area contributed by atoms with E-state index in [0.29, 0.717) is 21.5 Å². The predicted molar refractivity (Wildman–Crippen MR) is 80.1 cm³/mol. The van der Waals surface area contributed by atoms with E-state index in [-0.39, 0.29) is 12.5 Å². The van der Waals surface area contributed by atoms with E-state index in [1.807, 2.05) is 18.2 Å². The molecule has 0 aliphatic rings. The van der Waals surface area contributed by atoms with Crippen molar-refractivity contribution in [3.8, 4) is 5.75 Å². The summed E-state index contributed by atoms with van der Waals surface area (Å²) < 4.78 is 6.03. The zero-order chi connectivity index (χ0) is 14.4. The number of nitrogens with one attached hydrogen (secondary N) is 1. The maximum Gasteiger partial charge on any atom is 0.262 e. The molecule has 20 heavy (non-hydrogen) atoms. The first-order valence-electron chi connectivity index (χ1n) is 5.91. The smallest absolute Gasteiger partial charge is 0.262 e. The van der Waals surface area contributed by atoms with Gasteiger partial charge in [-0.2, -0.15) is 0 Å². The minimum atomic E-state index is -0.258. The summed E-state index contributed by atoms with van der Waals surface area (Å²) in [6.45, 7) is -0.116. The fourth-order valence-corrected chi connectivity index (χ4v) is 1.91. The standard InChI is InChI=1S/C15H12BrNO3/c16-14-7-6-13(8-11(14)9-18)20-10-15(19)17-12-4-2-1-3-5-12/h1-9H,10H2,(H,17,19). The molecule has 0 bridgehead atoms. The molecule has 0 atom stereocenters. The quantitative estimate of drug-likeness (QED) is 0.854. The third kappa shape index (κ3) is 3.93. The number of amides is 1. The molecule has 0 aromatic heterocycles. The Hall–Kier alpha value is -2.14. The maximum absolute atomic E-state index is 11.7. The summed E-state index contributed by atoms with van der Waals surface area (Å²) in [6, 6.07) is 14.1. The highest BCUT2D eigenvalue weighted by Crippen LogP contribution is 2.21. The van der Waals surface area contributed by atoms with Crippen LogP contribution in [-0.4, -0.2) is 18.8 Å². The van der Waals surface area contributed by atoms with Gasteiger partial charge in [-0.05, 0) is 30.3 Å².